The molecule has 0 saturated carbocycles. The molecule has 0 aliphatic carbocycles. The molecule has 0 aromatic carbocycles. The average molecular weight is 205 g/mol. The first kappa shape index (κ1) is 16.0. The van der Waals surface area contributed by atoms with E-state index in [9.17, 15) is 0 Å². The zero-order valence-corrected chi connectivity index (χ0v) is 6.02. The molecule has 7 heavy (non-hydrogen) atoms. The molecule has 0 saturated heterocycles. The summed E-state index contributed by atoms with van der Waals surface area (Å²) in [6.45, 7) is 0. The molecule has 1 nitrogen and oxygen atoms in total. The Labute approximate surface area is 94.9 Å². The summed E-state index contributed by atoms with van der Waals surface area (Å²) in [7, 11) is 1.73. The fraction of sp³-hybridized carbons (Fsp3) is 0.500. The minimum Gasteiger partial charge on any atom is 0 e. The van der Waals surface area contributed by atoms with Crippen molar-refractivity contribution in [1.29, 1.82) is 0 Å². The Hall–Kier alpha value is 2.02. The third-order valence-electron chi connectivity index (χ3n) is 0.214. The summed E-state index contributed by atoms with van der Waals surface area (Å²) in [6.07, 6.45) is 0. The Morgan fingerprint density at radius 3 is 1.86 bits per heavy atom. The molecule has 0 heterocycles. The van der Waals surface area contributed by atoms with E-state index in [0.29, 0.717) is 4.32 Å². The van der Waals surface area contributed by atoms with E-state index in [0.717, 1.165) is 0 Å². The number of rotatable bonds is 0. The van der Waals surface area contributed by atoms with E-state index in [4.69, 9.17) is 0 Å². The monoisotopic (exact) mass is 205 g/mol. The van der Waals surface area contributed by atoms with Gasteiger partial charge in [0, 0.05) is 24.1 Å². The van der Waals surface area contributed by atoms with Gasteiger partial charge in [0.15, 0.2) is 0 Å². The molecule has 0 aromatic rings. The van der Waals surface area contributed by atoms with E-state index in [1.165, 1.54) is 0 Å². The van der Waals surface area contributed by atoms with E-state index < -0.39 is 0 Å². The maximum absolute atomic E-state index is 4.45. The first-order chi connectivity index (χ1) is 2.27. The minimum absolute atomic E-state index is 0. The Balaban J connectivity index is -0.0000000800. The number of hydrogen-bond donors (Lipinski definition) is 2. The van der Waals surface area contributed by atoms with Crippen molar-refractivity contribution in [3.63, 3.8) is 0 Å². The summed E-state index contributed by atoms with van der Waals surface area (Å²) in [6, 6.07) is 0. The van der Waals surface area contributed by atoms with Crippen LogP contribution in [0.3, 0.4) is 0 Å². The Kier molecular flexibility index (Phi) is 24.9. The van der Waals surface area contributed by atoms with Gasteiger partial charge < -0.3 is 5.32 Å². The standard InChI is InChI=1S/C2H5NS2.Ca.Fe.2H/c1-3-2(4)5;;;;/h1H3,(H2,3,4,5);;;;. The second-order valence-corrected chi connectivity index (χ2v) is 1.71. The van der Waals surface area contributed by atoms with Crippen LogP contribution in [0.5, 0.6) is 0 Å². The Morgan fingerprint density at radius 1 is 1.71 bits per heavy atom. The molecule has 0 radical (unpaired) electrons. The van der Waals surface area contributed by atoms with E-state index >= 15 is 0 Å². The molecule has 0 fully saturated rings. The summed E-state index contributed by atoms with van der Waals surface area (Å²) in [4.78, 5) is 0. The van der Waals surface area contributed by atoms with Gasteiger partial charge in [-0.05, 0) is 0 Å². The minimum atomic E-state index is 0. The molecule has 0 bridgehead atoms. The zero-order valence-electron chi connectivity index (χ0n) is 3.21. The maximum Gasteiger partial charge on any atom is 0 e. The fourth-order valence-electron chi connectivity index (χ4n) is 0. The van der Waals surface area contributed by atoms with Crippen LogP contribution < -0.4 is 5.32 Å². The van der Waals surface area contributed by atoms with Gasteiger partial charge in [0.05, 0.1) is 0 Å². The van der Waals surface area contributed by atoms with Crippen molar-refractivity contribution in [3.8, 4) is 0 Å². The third kappa shape index (κ3) is 18.0. The Morgan fingerprint density at radius 2 is 1.86 bits per heavy atom. The van der Waals surface area contributed by atoms with Crippen molar-refractivity contribution in [2.45, 2.75) is 0 Å². The molecule has 0 amide bonds. The summed E-state index contributed by atoms with van der Waals surface area (Å²) in [5, 5.41) is 2.62. The predicted molar refractivity (Wildman–Crippen MR) is 39.2 cm³/mol. The van der Waals surface area contributed by atoms with E-state index in [2.05, 4.69) is 30.2 Å². The van der Waals surface area contributed by atoms with Gasteiger partial charge in [-0.3, -0.25) is 0 Å². The van der Waals surface area contributed by atoms with Crippen molar-refractivity contribution in [1.82, 2.24) is 5.32 Å². The molecule has 0 spiro atoms. The molecular formula is C2H7CaFeNS2. The van der Waals surface area contributed by atoms with Crippen molar-refractivity contribution >= 4 is 66.9 Å². The molecule has 0 aliphatic rings. The summed E-state index contributed by atoms with van der Waals surface area (Å²) in [5.74, 6) is 0. The van der Waals surface area contributed by atoms with Gasteiger partial charge in [0.2, 0.25) is 0 Å². The van der Waals surface area contributed by atoms with Gasteiger partial charge >= 0.3 is 37.7 Å². The molecule has 5 heteroatoms. The average Bonchev–Trinajstić information content (AvgIpc) is 1.38. The molecule has 0 rings (SSSR count). The van der Waals surface area contributed by atoms with Gasteiger partial charge in [-0.1, -0.05) is 12.2 Å². The normalized spacial score (nSPS) is 4.86. The second kappa shape index (κ2) is 10.9. The summed E-state index contributed by atoms with van der Waals surface area (Å²) >= 11 is 8.17. The van der Waals surface area contributed by atoms with Crippen LogP contribution in [0.2, 0.25) is 0 Å². The summed E-state index contributed by atoms with van der Waals surface area (Å²) < 4.78 is 0.532. The van der Waals surface area contributed by atoms with Gasteiger partial charge in [-0.2, -0.15) is 0 Å². The van der Waals surface area contributed by atoms with Gasteiger partial charge in [-0.25, -0.2) is 0 Å². The Bertz CT molecular complexity index is 51.0. The van der Waals surface area contributed by atoms with Crippen molar-refractivity contribution in [2.75, 3.05) is 7.05 Å². The number of nitrogens with one attached hydrogen (secondary N) is 1. The van der Waals surface area contributed by atoms with Crippen molar-refractivity contribution in [3.05, 3.63) is 0 Å². The van der Waals surface area contributed by atoms with Gasteiger partial charge in [-0.15, -0.1) is 12.6 Å². The molecule has 0 aromatic heterocycles. The summed E-state index contributed by atoms with van der Waals surface area (Å²) in [5.41, 5.74) is 0. The molecular weight excluding hydrogens is 198 g/mol. The topological polar surface area (TPSA) is 12.0 Å². The van der Waals surface area contributed by atoms with Crippen LogP contribution >= 0.6 is 24.8 Å². The smallest absolute Gasteiger partial charge is 0 e. The molecule has 0 unspecified atom stereocenters. The SMILES string of the molecule is CNC(=S)S.[CaH2].[Fe]. The molecule has 0 atom stereocenters. The molecule has 1 N–H and O–H groups in total. The molecule has 0 aliphatic heterocycles. The van der Waals surface area contributed by atoms with Gasteiger partial charge in [0.25, 0.3) is 0 Å². The quantitative estimate of drug-likeness (QED) is 0.314. The first-order valence-electron chi connectivity index (χ1n) is 1.18. The zero-order chi connectivity index (χ0) is 4.28. The van der Waals surface area contributed by atoms with Crippen LogP contribution in [0.15, 0.2) is 0 Å². The van der Waals surface area contributed by atoms with E-state index in [1.54, 1.807) is 7.05 Å². The van der Waals surface area contributed by atoms with Crippen LogP contribution in [-0.4, -0.2) is 49.1 Å². The van der Waals surface area contributed by atoms with Crippen LogP contribution in [0, 0.1) is 0 Å². The number of thiocarbonyl (C=S) groups is 1. The van der Waals surface area contributed by atoms with Crippen LogP contribution in [0.1, 0.15) is 0 Å². The van der Waals surface area contributed by atoms with Crippen molar-refractivity contribution in [2.24, 2.45) is 0 Å². The van der Waals surface area contributed by atoms with Gasteiger partial charge in [0.1, 0.15) is 4.32 Å². The van der Waals surface area contributed by atoms with Crippen LogP contribution in [-0.2, 0) is 17.1 Å². The fourth-order valence-corrected chi connectivity index (χ4v) is 0. The van der Waals surface area contributed by atoms with Crippen LogP contribution in [0.4, 0.5) is 0 Å². The van der Waals surface area contributed by atoms with Crippen LogP contribution in [0.25, 0.3) is 0 Å². The third-order valence-corrected chi connectivity index (χ3v) is 0.642. The molecule has 42 valence electrons. The number of hydrogen-bond acceptors (Lipinski definition) is 1. The van der Waals surface area contributed by atoms with Crippen molar-refractivity contribution < 1.29 is 17.1 Å². The van der Waals surface area contributed by atoms with E-state index in [1.807, 2.05) is 0 Å². The largest absolute Gasteiger partial charge is 0 e. The second-order valence-electron chi connectivity index (χ2n) is 0.555. The first-order valence-corrected chi connectivity index (χ1v) is 2.03. The number of thiol groups is 1. The van der Waals surface area contributed by atoms with E-state index in [-0.39, 0.29) is 54.8 Å². The predicted octanol–water partition coefficient (Wildman–Crippen LogP) is -0.498. The maximum atomic E-state index is 4.45.